The van der Waals surface area contributed by atoms with Crippen LogP contribution in [-0.4, -0.2) is 35.6 Å². The largest absolute Gasteiger partial charge is 0.427 e. The van der Waals surface area contributed by atoms with E-state index in [1.54, 1.807) is 6.92 Å². The van der Waals surface area contributed by atoms with Gasteiger partial charge in [-0.25, -0.2) is 9.59 Å². The van der Waals surface area contributed by atoms with Crippen molar-refractivity contribution >= 4 is 11.9 Å². The second kappa shape index (κ2) is 5.70. The molecule has 0 N–H and O–H groups in total. The molecule has 1 aromatic heterocycles. The van der Waals surface area contributed by atoms with Gasteiger partial charge in [0.1, 0.15) is 5.69 Å². The SMILES string of the molecule is Cc1noc2c1OC(=O)C(=O)OC21CC(Cc2ccccc2)CN1C. The number of aryl methyl sites for hydroxylation is 1. The Morgan fingerprint density at radius 3 is 2.76 bits per heavy atom. The van der Waals surface area contributed by atoms with Gasteiger partial charge in [-0.3, -0.25) is 4.90 Å². The molecule has 2 aliphatic heterocycles. The van der Waals surface area contributed by atoms with Gasteiger partial charge < -0.3 is 14.0 Å². The van der Waals surface area contributed by atoms with Crippen LogP contribution in [0.15, 0.2) is 34.9 Å². The third-order valence-electron chi connectivity index (χ3n) is 4.87. The lowest BCUT2D eigenvalue weighted by Crippen LogP contribution is -2.42. The number of aromatic nitrogens is 1. The zero-order valence-electron chi connectivity index (χ0n) is 14.0. The fourth-order valence-corrected chi connectivity index (χ4v) is 3.72. The Balaban J connectivity index is 1.70. The summed E-state index contributed by atoms with van der Waals surface area (Å²) in [6.07, 6.45) is 1.34. The van der Waals surface area contributed by atoms with Crippen LogP contribution in [0.2, 0.25) is 0 Å². The summed E-state index contributed by atoms with van der Waals surface area (Å²) in [5.41, 5.74) is 0.458. The van der Waals surface area contributed by atoms with Crippen molar-refractivity contribution in [2.75, 3.05) is 13.6 Å². The lowest BCUT2D eigenvalue weighted by Gasteiger charge is -2.31. The summed E-state index contributed by atoms with van der Waals surface area (Å²) in [7, 11) is 1.84. The van der Waals surface area contributed by atoms with Crippen LogP contribution >= 0.6 is 0 Å². The highest BCUT2D eigenvalue weighted by molar-refractivity contribution is 6.30. The number of benzene rings is 1. The third kappa shape index (κ3) is 2.51. The summed E-state index contributed by atoms with van der Waals surface area (Å²) >= 11 is 0. The Labute approximate surface area is 144 Å². The summed E-state index contributed by atoms with van der Waals surface area (Å²) in [4.78, 5) is 25.8. The number of rotatable bonds is 2. The quantitative estimate of drug-likeness (QED) is 0.608. The number of hydrogen-bond donors (Lipinski definition) is 0. The Morgan fingerprint density at radius 2 is 2.00 bits per heavy atom. The fraction of sp³-hybridized carbons (Fsp3) is 0.389. The van der Waals surface area contributed by atoms with Gasteiger partial charge >= 0.3 is 11.9 Å². The molecule has 1 saturated heterocycles. The molecule has 7 nitrogen and oxygen atoms in total. The molecule has 2 atom stereocenters. The molecular weight excluding hydrogens is 324 g/mol. The summed E-state index contributed by atoms with van der Waals surface area (Å²) in [5, 5.41) is 3.89. The van der Waals surface area contributed by atoms with Crippen LogP contribution in [0.25, 0.3) is 0 Å². The van der Waals surface area contributed by atoms with Gasteiger partial charge in [0, 0.05) is 13.0 Å². The molecule has 0 saturated carbocycles. The molecule has 7 heteroatoms. The molecule has 2 aromatic rings. The van der Waals surface area contributed by atoms with E-state index < -0.39 is 17.7 Å². The molecule has 1 spiro atoms. The highest BCUT2D eigenvalue weighted by atomic mass is 16.6. The predicted octanol–water partition coefficient (Wildman–Crippen LogP) is 1.79. The molecule has 2 aliphatic rings. The number of hydrogen-bond acceptors (Lipinski definition) is 7. The first-order valence-corrected chi connectivity index (χ1v) is 8.16. The van der Waals surface area contributed by atoms with E-state index >= 15 is 0 Å². The van der Waals surface area contributed by atoms with Crippen molar-refractivity contribution in [1.29, 1.82) is 0 Å². The van der Waals surface area contributed by atoms with Crippen LogP contribution in [0.1, 0.15) is 23.4 Å². The van der Waals surface area contributed by atoms with Gasteiger partial charge in [-0.2, -0.15) is 0 Å². The Morgan fingerprint density at radius 1 is 1.24 bits per heavy atom. The Bertz CT molecular complexity index is 831. The summed E-state index contributed by atoms with van der Waals surface area (Å²) < 4.78 is 16.1. The molecular formula is C18H18N2O5. The van der Waals surface area contributed by atoms with Crippen LogP contribution in [0, 0.1) is 12.8 Å². The number of nitrogens with zero attached hydrogens (tertiary/aromatic N) is 2. The van der Waals surface area contributed by atoms with Crippen molar-refractivity contribution in [3.63, 3.8) is 0 Å². The minimum absolute atomic E-state index is 0.183. The summed E-state index contributed by atoms with van der Waals surface area (Å²) in [6.45, 7) is 2.35. The maximum Gasteiger partial charge on any atom is 0.423 e. The van der Waals surface area contributed by atoms with E-state index in [0.717, 1.165) is 6.42 Å². The molecule has 1 fully saturated rings. The van der Waals surface area contributed by atoms with Gasteiger partial charge in [0.15, 0.2) is 0 Å². The number of likely N-dealkylation sites (tertiary alicyclic amines) is 1. The minimum atomic E-state index is -1.17. The predicted molar refractivity (Wildman–Crippen MR) is 85.5 cm³/mol. The zero-order valence-corrected chi connectivity index (χ0v) is 14.0. The van der Waals surface area contributed by atoms with Crippen molar-refractivity contribution in [3.8, 4) is 5.75 Å². The third-order valence-corrected chi connectivity index (χ3v) is 4.87. The molecule has 0 amide bonds. The highest BCUT2D eigenvalue weighted by Gasteiger charge is 2.56. The lowest BCUT2D eigenvalue weighted by atomic mass is 9.94. The standard InChI is InChI=1S/C18H18N2O5/c1-11-14-15(25-19-11)18(24-17(22)16(21)23-14)9-13(10-20(18)2)8-12-6-4-3-5-7-12/h3-7,13H,8-10H2,1-2H3. The van der Waals surface area contributed by atoms with Gasteiger partial charge in [0.2, 0.25) is 17.2 Å². The summed E-state index contributed by atoms with van der Waals surface area (Å²) in [6, 6.07) is 10.1. The molecule has 130 valence electrons. The maximum atomic E-state index is 12.1. The van der Waals surface area contributed by atoms with E-state index in [9.17, 15) is 9.59 Å². The van der Waals surface area contributed by atoms with Crippen molar-refractivity contribution < 1.29 is 23.6 Å². The molecule has 3 heterocycles. The van der Waals surface area contributed by atoms with Crippen LogP contribution < -0.4 is 4.74 Å². The van der Waals surface area contributed by atoms with Crippen molar-refractivity contribution in [1.82, 2.24) is 10.1 Å². The molecule has 4 rings (SSSR count). The van der Waals surface area contributed by atoms with Gasteiger partial charge in [-0.1, -0.05) is 35.5 Å². The molecule has 1 aromatic carbocycles. The number of carbonyl (C=O) groups excluding carboxylic acids is 2. The Kier molecular flexibility index (Phi) is 3.61. The van der Waals surface area contributed by atoms with E-state index in [4.69, 9.17) is 14.0 Å². The second-order valence-electron chi connectivity index (χ2n) is 6.63. The van der Waals surface area contributed by atoms with Crippen molar-refractivity contribution in [2.24, 2.45) is 5.92 Å². The second-order valence-corrected chi connectivity index (χ2v) is 6.63. The van der Waals surface area contributed by atoms with E-state index in [2.05, 4.69) is 17.3 Å². The molecule has 2 unspecified atom stereocenters. The van der Waals surface area contributed by atoms with Gasteiger partial charge in [0.25, 0.3) is 0 Å². The maximum absolute atomic E-state index is 12.1. The first-order valence-electron chi connectivity index (χ1n) is 8.16. The average Bonchev–Trinajstić information content (AvgIpc) is 3.06. The monoisotopic (exact) mass is 342 g/mol. The van der Waals surface area contributed by atoms with Gasteiger partial charge in [0.05, 0.1) is 0 Å². The first-order chi connectivity index (χ1) is 12.0. The Hall–Kier alpha value is -2.67. The van der Waals surface area contributed by atoms with E-state index in [-0.39, 0.29) is 17.4 Å². The average molecular weight is 342 g/mol. The van der Waals surface area contributed by atoms with Crippen molar-refractivity contribution in [2.45, 2.75) is 25.5 Å². The van der Waals surface area contributed by atoms with Crippen LogP contribution in [0.3, 0.4) is 0 Å². The highest BCUT2D eigenvalue weighted by Crippen LogP contribution is 2.48. The van der Waals surface area contributed by atoms with Gasteiger partial charge in [-0.05, 0) is 31.9 Å². The van der Waals surface area contributed by atoms with Gasteiger partial charge in [-0.15, -0.1) is 0 Å². The first kappa shape index (κ1) is 15.8. The minimum Gasteiger partial charge on any atom is -0.427 e. The van der Waals surface area contributed by atoms with E-state index in [0.29, 0.717) is 18.7 Å². The fourth-order valence-electron chi connectivity index (χ4n) is 3.72. The lowest BCUT2D eigenvalue weighted by molar-refractivity contribution is -0.187. The van der Waals surface area contributed by atoms with Crippen LogP contribution in [0.5, 0.6) is 5.75 Å². The van der Waals surface area contributed by atoms with Crippen LogP contribution in [-0.2, 0) is 26.5 Å². The molecule has 0 aliphatic carbocycles. The zero-order chi connectivity index (χ0) is 17.6. The molecule has 25 heavy (non-hydrogen) atoms. The number of ether oxygens (including phenoxy) is 2. The van der Waals surface area contributed by atoms with Crippen molar-refractivity contribution in [3.05, 3.63) is 47.3 Å². The number of fused-ring (bicyclic) bond motifs is 2. The number of esters is 2. The summed E-state index contributed by atoms with van der Waals surface area (Å²) in [5.74, 6) is -1.38. The van der Waals surface area contributed by atoms with Crippen LogP contribution in [0.4, 0.5) is 0 Å². The normalized spacial score (nSPS) is 26.2. The smallest absolute Gasteiger partial charge is 0.423 e. The van der Waals surface area contributed by atoms with E-state index in [1.807, 2.05) is 30.1 Å². The number of carbonyl (C=O) groups is 2. The van der Waals surface area contributed by atoms with E-state index in [1.165, 1.54) is 5.56 Å². The topological polar surface area (TPSA) is 81.9 Å². The molecule has 0 bridgehead atoms. The molecule has 0 radical (unpaired) electrons.